The number of pyridine rings is 1. The minimum Gasteiger partial charge on any atom is -0.481 e. The number of carbonyl (C=O) groups excluding carboxylic acids is 1. The summed E-state index contributed by atoms with van der Waals surface area (Å²) < 4.78 is 5.32. The smallest absolute Gasteiger partial charge is 0.308 e. The molecule has 1 saturated heterocycles. The van der Waals surface area contributed by atoms with Gasteiger partial charge in [0, 0.05) is 31.3 Å². The molecule has 6 heteroatoms. The zero-order valence-electron chi connectivity index (χ0n) is 14.9. The number of amides is 1. The third kappa shape index (κ3) is 4.02. The number of ether oxygens (including phenoxy) is 1. The topological polar surface area (TPSA) is 88.5 Å². The third-order valence-electron chi connectivity index (χ3n) is 4.96. The maximum Gasteiger partial charge on any atom is 0.308 e. The summed E-state index contributed by atoms with van der Waals surface area (Å²) in [4.78, 5) is 28.8. The molecule has 0 saturated carbocycles. The van der Waals surface area contributed by atoms with Crippen LogP contribution in [0.5, 0.6) is 0 Å². The number of aryl methyl sites for hydroxylation is 1. The Kier molecular flexibility index (Phi) is 5.83. The van der Waals surface area contributed by atoms with Crippen LogP contribution in [0, 0.1) is 11.8 Å². The number of aromatic nitrogens is 1. The Bertz CT molecular complexity index is 799. The van der Waals surface area contributed by atoms with Crippen LogP contribution in [-0.2, 0) is 16.0 Å². The molecule has 1 fully saturated rings. The molecule has 3 rings (SSSR count). The van der Waals surface area contributed by atoms with Crippen molar-refractivity contribution in [3.8, 4) is 0 Å². The van der Waals surface area contributed by atoms with Gasteiger partial charge in [-0.1, -0.05) is 25.1 Å². The van der Waals surface area contributed by atoms with Crippen LogP contribution in [-0.4, -0.2) is 41.7 Å². The van der Waals surface area contributed by atoms with Crippen LogP contribution < -0.4 is 5.32 Å². The Balaban J connectivity index is 1.76. The van der Waals surface area contributed by atoms with E-state index in [1.807, 2.05) is 31.2 Å². The lowest BCUT2D eigenvalue weighted by Gasteiger charge is -2.17. The van der Waals surface area contributed by atoms with Crippen LogP contribution in [0.4, 0.5) is 0 Å². The largest absolute Gasteiger partial charge is 0.481 e. The van der Waals surface area contributed by atoms with E-state index in [0.29, 0.717) is 31.6 Å². The molecule has 2 N–H and O–H groups in total. The predicted molar refractivity (Wildman–Crippen MR) is 98.1 cm³/mol. The second kappa shape index (κ2) is 8.27. The van der Waals surface area contributed by atoms with Gasteiger partial charge >= 0.3 is 5.97 Å². The number of benzene rings is 1. The highest BCUT2D eigenvalue weighted by Gasteiger charge is 2.26. The molecular formula is C20H24N2O4. The van der Waals surface area contributed by atoms with Gasteiger partial charge in [0.2, 0.25) is 0 Å². The van der Waals surface area contributed by atoms with Crippen molar-refractivity contribution in [2.24, 2.45) is 11.8 Å². The first-order valence-electron chi connectivity index (χ1n) is 9.05. The average molecular weight is 356 g/mol. The Labute approximate surface area is 152 Å². The van der Waals surface area contributed by atoms with Crippen molar-refractivity contribution in [3.63, 3.8) is 0 Å². The van der Waals surface area contributed by atoms with E-state index >= 15 is 0 Å². The summed E-state index contributed by atoms with van der Waals surface area (Å²) >= 11 is 0. The van der Waals surface area contributed by atoms with Gasteiger partial charge in [0.25, 0.3) is 5.91 Å². The summed E-state index contributed by atoms with van der Waals surface area (Å²) in [5.74, 6) is -1.48. The van der Waals surface area contributed by atoms with Crippen molar-refractivity contribution in [2.45, 2.75) is 26.2 Å². The van der Waals surface area contributed by atoms with Crippen molar-refractivity contribution in [1.82, 2.24) is 10.3 Å². The van der Waals surface area contributed by atoms with Gasteiger partial charge in [0.05, 0.1) is 17.0 Å². The van der Waals surface area contributed by atoms with E-state index in [9.17, 15) is 14.7 Å². The van der Waals surface area contributed by atoms with Gasteiger partial charge in [0.15, 0.2) is 0 Å². The normalized spacial score (nSPS) is 18.0. The van der Waals surface area contributed by atoms with Gasteiger partial charge in [-0.3, -0.25) is 14.6 Å². The molecule has 1 aliphatic rings. The third-order valence-corrected chi connectivity index (χ3v) is 4.96. The lowest BCUT2D eigenvalue weighted by atomic mass is 9.93. The number of hydrogen-bond donors (Lipinski definition) is 2. The predicted octanol–water partition coefficient (Wildman–Crippen LogP) is 2.65. The van der Waals surface area contributed by atoms with E-state index in [1.54, 1.807) is 6.20 Å². The molecule has 1 aromatic heterocycles. The van der Waals surface area contributed by atoms with Crippen molar-refractivity contribution >= 4 is 22.8 Å². The fraction of sp³-hybridized carbons (Fsp3) is 0.450. The molecule has 1 aromatic carbocycles. The molecule has 26 heavy (non-hydrogen) atoms. The van der Waals surface area contributed by atoms with Crippen molar-refractivity contribution < 1.29 is 19.4 Å². The molecule has 6 nitrogen and oxygen atoms in total. The fourth-order valence-electron chi connectivity index (χ4n) is 3.47. The summed E-state index contributed by atoms with van der Waals surface area (Å²) in [5.41, 5.74) is 2.21. The standard InChI is InChI=1S/C20H24N2O4/c1-2-14-10-21-17-6-4-3-5-16(17)18(14)19(23)22-11-15(20(24)25)9-13-7-8-26-12-13/h3-6,10,13,15H,2,7-9,11-12H2,1H3,(H,22,23)(H,24,25). The number of hydrogen-bond acceptors (Lipinski definition) is 4. The second-order valence-corrected chi connectivity index (χ2v) is 6.74. The van der Waals surface area contributed by atoms with Gasteiger partial charge in [-0.25, -0.2) is 0 Å². The van der Waals surface area contributed by atoms with Crippen LogP contribution in [0.25, 0.3) is 10.9 Å². The molecule has 2 heterocycles. The van der Waals surface area contributed by atoms with E-state index < -0.39 is 11.9 Å². The number of carboxylic acid groups (broad SMARTS) is 1. The van der Waals surface area contributed by atoms with Gasteiger partial charge in [-0.15, -0.1) is 0 Å². The average Bonchev–Trinajstić information content (AvgIpc) is 3.16. The Morgan fingerprint density at radius 1 is 1.38 bits per heavy atom. The first kappa shape index (κ1) is 18.3. The molecular weight excluding hydrogens is 332 g/mol. The zero-order chi connectivity index (χ0) is 18.5. The van der Waals surface area contributed by atoms with Crippen LogP contribution in [0.1, 0.15) is 35.7 Å². The van der Waals surface area contributed by atoms with Gasteiger partial charge in [-0.05, 0) is 36.8 Å². The monoisotopic (exact) mass is 356 g/mol. The van der Waals surface area contributed by atoms with E-state index in [2.05, 4.69) is 10.3 Å². The first-order chi connectivity index (χ1) is 12.6. The van der Waals surface area contributed by atoms with Crippen LogP contribution >= 0.6 is 0 Å². The molecule has 1 amide bonds. The molecule has 0 radical (unpaired) electrons. The molecule has 2 unspecified atom stereocenters. The van der Waals surface area contributed by atoms with E-state index in [1.165, 1.54) is 0 Å². The molecule has 1 aliphatic heterocycles. The van der Waals surface area contributed by atoms with Gasteiger partial charge in [0.1, 0.15) is 0 Å². The number of rotatable bonds is 7. The molecule has 0 aliphatic carbocycles. The SMILES string of the molecule is CCc1cnc2ccccc2c1C(=O)NCC(CC1CCOC1)C(=O)O. The number of fused-ring (bicyclic) bond motifs is 1. The number of nitrogens with one attached hydrogen (secondary N) is 1. The Morgan fingerprint density at radius 2 is 2.19 bits per heavy atom. The molecule has 138 valence electrons. The maximum atomic E-state index is 12.8. The Morgan fingerprint density at radius 3 is 2.88 bits per heavy atom. The van der Waals surface area contributed by atoms with Gasteiger partial charge < -0.3 is 15.2 Å². The number of nitrogens with zero attached hydrogens (tertiary/aromatic N) is 1. The van der Waals surface area contributed by atoms with Crippen molar-refractivity contribution in [2.75, 3.05) is 19.8 Å². The number of carbonyl (C=O) groups is 2. The first-order valence-corrected chi connectivity index (χ1v) is 9.05. The number of carboxylic acids is 1. The van der Waals surface area contributed by atoms with E-state index in [-0.39, 0.29) is 18.4 Å². The van der Waals surface area contributed by atoms with E-state index in [4.69, 9.17) is 4.74 Å². The minimum absolute atomic E-state index is 0.116. The highest BCUT2D eigenvalue weighted by molar-refractivity contribution is 6.07. The molecule has 0 spiro atoms. The van der Waals surface area contributed by atoms with Crippen LogP contribution in [0.2, 0.25) is 0 Å². The Hall–Kier alpha value is -2.47. The summed E-state index contributed by atoms with van der Waals surface area (Å²) in [5, 5.41) is 13.1. The van der Waals surface area contributed by atoms with Crippen molar-refractivity contribution in [1.29, 1.82) is 0 Å². The molecule has 0 bridgehead atoms. The van der Waals surface area contributed by atoms with Gasteiger partial charge in [-0.2, -0.15) is 0 Å². The molecule has 2 aromatic rings. The highest BCUT2D eigenvalue weighted by atomic mass is 16.5. The van der Waals surface area contributed by atoms with Crippen molar-refractivity contribution in [3.05, 3.63) is 41.6 Å². The fourth-order valence-corrected chi connectivity index (χ4v) is 3.47. The van der Waals surface area contributed by atoms with E-state index in [0.717, 1.165) is 22.9 Å². The quantitative estimate of drug-likeness (QED) is 0.796. The maximum absolute atomic E-state index is 12.8. The zero-order valence-corrected chi connectivity index (χ0v) is 14.9. The number of aliphatic carboxylic acids is 1. The number of para-hydroxylation sites is 1. The summed E-state index contributed by atoms with van der Waals surface area (Å²) in [6.07, 6.45) is 3.81. The summed E-state index contributed by atoms with van der Waals surface area (Å²) in [6, 6.07) is 7.50. The minimum atomic E-state index is -0.882. The van der Waals surface area contributed by atoms with Crippen LogP contribution in [0.15, 0.2) is 30.5 Å². The molecule has 2 atom stereocenters. The highest BCUT2D eigenvalue weighted by Crippen LogP contribution is 2.23. The lowest BCUT2D eigenvalue weighted by molar-refractivity contribution is -0.142. The second-order valence-electron chi connectivity index (χ2n) is 6.74. The summed E-state index contributed by atoms with van der Waals surface area (Å²) in [6.45, 7) is 3.38. The lowest BCUT2D eigenvalue weighted by Crippen LogP contribution is -2.34. The summed E-state index contributed by atoms with van der Waals surface area (Å²) in [7, 11) is 0. The van der Waals surface area contributed by atoms with Crippen LogP contribution in [0.3, 0.4) is 0 Å².